The normalized spacial score (nSPS) is 13.6. The second-order valence-electron chi connectivity index (χ2n) is 6.21. The van der Waals surface area contributed by atoms with Crippen molar-refractivity contribution in [3.8, 4) is 11.5 Å². The van der Waals surface area contributed by atoms with Crippen LogP contribution in [0.4, 0.5) is 0 Å². The van der Waals surface area contributed by atoms with Gasteiger partial charge in [0, 0.05) is 6.04 Å². The van der Waals surface area contributed by atoms with Crippen molar-refractivity contribution in [1.82, 2.24) is 4.90 Å². The second kappa shape index (κ2) is 6.99. The lowest BCUT2D eigenvalue weighted by atomic mass is 10.2. The van der Waals surface area contributed by atoms with Crippen molar-refractivity contribution >= 4 is 5.91 Å². The average Bonchev–Trinajstić information content (AvgIpc) is 3.33. The molecule has 0 spiro atoms. The van der Waals surface area contributed by atoms with Gasteiger partial charge >= 0.3 is 0 Å². The highest BCUT2D eigenvalue weighted by Gasteiger charge is 2.33. The molecule has 1 fully saturated rings. The average molecular weight is 329 g/mol. The van der Waals surface area contributed by atoms with Crippen LogP contribution in [-0.2, 0) is 11.3 Å². The van der Waals surface area contributed by atoms with E-state index in [1.165, 1.54) is 0 Å². The number of hydrogen-bond acceptors (Lipinski definition) is 4. The summed E-state index contributed by atoms with van der Waals surface area (Å²) in [6.07, 6.45) is 2.08. The Kier molecular flexibility index (Phi) is 4.79. The lowest BCUT2D eigenvalue weighted by Gasteiger charge is -2.21. The fraction of sp³-hybridized carbons (Fsp3) is 0.421. The van der Waals surface area contributed by atoms with E-state index in [2.05, 4.69) is 0 Å². The number of amides is 1. The van der Waals surface area contributed by atoms with E-state index in [9.17, 15) is 4.79 Å². The number of aryl methyl sites for hydroxylation is 2. The molecule has 0 atom stereocenters. The van der Waals surface area contributed by atoms with E-state index in [1.54, 1.807) is 7.11 Å². The topological polar surface area (TPSA) is 51.9 Å². The lowest BCUT2D eigenvalue weighted by molar-refractivity contribution is -0.134. The molecule has 0 radical (unpaired) electrons. The molecule has 3 rings (SSSR count). The van der Waals surface area contributed by atoms with E-state index in [4.69, 9.17) is 13.9 Å². The molecule has 5 nitrogen and oxygen atoms in total. The summed E-state index contributed by atoms with van der Waals surface area (Å²) in [6.45, 7) is 4.37. The molecular formula is C19H23NO4. The van der Waals surface area contributed by atoms with Crippen LogP contribution >= 0.6 is 0 Å². The number of methoxy groups -OCH3 is 1. The minimum Gasteiger partial charge on any atom is -0.493 e. The monoisotopic (exact) mass is 329 g/mol. The highest BCUT2D eigenvalue weighted by molar-refractivity contribution is 5.78. The molecule has 5 heteroatoms. The molecule has 128 valence electrons. The first-order chi connectivity index (χ1) is 11.6. The predicted octanol–water partition coefficient (Wildman–Crippen LogP) is 3.48. The summed E-state index contributed by atoms with van der Waals surface area (Å²) in [5, 5.41) is 0. The van der Waals surface area contributed by atoms with Crippen LogP contribution in [-0.4, -0.2) is 30.6 Å². The quantitative estimate of drug-likeness (QED) is 0.780. The zero-order valence-corrected chi connectivity index (χ0v) is 14.4. The van der Waals surface area contributed by atoms with Gasteiger partial charge in [-0.3, -0.25) is 4.79 Å². The molecule has 1 aliphatic carbocycles. The number of carbonyl (C=O) groups is 1. The Morgan fingerprint density at radius 3 is 2.62 bits per heavy atom. The van der Waals surface area contributed by atoms with Crippen LogP contribution in [0.1, 0.15) is 29.9 Å². The van der Waals surface area contributed by atoms with Gasteiger partial charge in [0.2, 0.25) is 0 Å². The van der Waals surface area contributed by atoms with Gasteiger partial charge in [-0.2, -0.15) is 0 Å². The minimum atomic E-state index is -0.0332. The Hall–Kier alpha value is -2.43. The van der Waals surface area contributed by atoms with Crippen LogP contribution in [0.2, 0.25) is 0 Å². The molecule has 1 aromatic heterocycles. The molecule has 1 amide bonds. The Morgan fingerprint density at radius 1 is 1.21 bits per heavy atom. The van der Waals surface area contributed by atoms with Gasteiger partial charge in [-0.15, -0.1) is 0 Å². The number of hydrogen-bond donors (Lipinski definition) is 0. The highest BCUT2D eigenvalue weighted by Crippen LogP contribution is 2.30. The molecule has 24 heavy (non-hydrogen) atoms. The molecule has 1 saturated carbocycles. The summed E-state index contributed by atoms with van der Waals surface area (Å²) in [6, 6.07) is 9.79. The number of ether oxygens (including phenoxy) is 2. The van der Waals surface area contributed by atoms with Gasteiger partial charge in [0.15, 0.2) is 18.1 Å². The van der Waals surface area contributed by atoms with E-state index >= 15 is 0 Å². The van der Waals surface area contributed by atoms with Crippen molar-refractivity contribution in [3.05, 3.63) is 47.4 Å². The van der Waals surface area contributed by atoms with Gasteiger partial charge in [0.1, 0.15) is 11.5 Å². The first-order valence-corrected chi connectivity index (χ1v) is 8.19. The third kappa shape index (κ3) is 3.91. The van der Waals surface area contributed by atoms with Crippen LogP contribution < -0.4 is 9.47 Å². The van der Waals surface area contributed by atoms with E-state index in [0.29, 0.717) is 24.1 Å². The van der Waals surface area contributed by atoms with Crippen molar-refractivity contribution in [2.24, 2.45) is 0 Å². The van der Waals surface area contributed by atoms with Crippen molar-refractivity contribution in [2.45, 2.75) is 39.3 Å². The standard InChI is InChI=1S/C19H23NO4/c1-13-4-9-17(18(10-13)22-3)23-12-19(21)20(15-6-7-15)11-16-8-5-14(2)24-16/h4-5,8-10,15H,6-7,11-12H2,1-3H3. The smallest absolute Gasteiger partial charge is 0.261 e. The maximum absolute atomic E-state index is 12.6. The molecule has 0 saturated heterocycles. The van der Waals surface area contributed by atoms with E-state index in [0.717, 1.165) is 29.9 Å². The summed E-state index contributed by atoms with van der Waals surface area (Å²) in [7, 11) is 1.60. The zero-order chi connectivity index (χ0) is 17.1. The predicted molar refractivity (Wildman–Crippen MR) is 90.2 cm³/mol. The highest BCUT2D eigenvalue weighted by atomic mass is 16.5. The molecule has 2 aromatic rings. The summed E-state index contributed by atoms with van der Waals surface area (Å²) >= 11 is 0. The zero-order valence-electron chi connectivity index (χ0n) is 14.4. The summed E-state index contributed by atoms with van der Waals surface area (Å²) in [4.78, 5) is 14.4. The SMILES string of the molecule is COc1cc(C)ccc1OCC(=O)N(Cc1ccc(C)o1)C1CC1. The number of furan rings is 1. The minimum absolute atomic E-state index is 0.00435. The van der Waals surface area contributed by atoms with E-state index in [1.807, 2.05) is 49.1 Å². The van der Waals surface area contributed by atoms with Crippen LogP contribution in [0.5, 0.6) is 11.5 Å². The van der Waals surface area contributed by atoms with Crippen LogP contribution in [0.3, 0.4) is 0 Å². The third-order valence-electron chi connectivity index (χ3n) is 4.10. The third-order valence-corrected chi connectivity index (χ3v) is 4.10. The van der Waals surface area contributed by atoms with Crippen LogP contribution in [0, 0.1) is 13.8 Å². The first kappa shape index (κ1) is 16.4. The molecule has 0 bridgehead atoms. The van der Waals surface area contributed by atoms with E-state index < -0.39 is 0 Å². The number of rotatable bonds is 7. The Morgan fingerprint density at radius 2 is 2.00 bits per heavy atom. The van der Waals surface area contributed by atoms with Gasteiger partial charge in [-0.05, 0) is 56.5 Å². The molecule has 1 heterocycles. The summed E-state index contributed by atoms with van der Waals surface area (Å²) < 4.78 is 16.6. The van der Waals surface area contributed by atoms with Crippen molar-refractivity contribution in [3.63, 3.8) is 0 Å². The van der Waals surface area contributed by atoms with Crippen LogP contribution in [0.25, 0.3) is 0 Å². The number of benzene rings is 1. The summed E-state index contributed by atoms with van der Waals surface area (Å²) in [5.41, 5.74) is 1.08. The van der Waals surface area contributed by atoms with Gasteiger partial charge in [-0.1, -0.05) is 6.07 Å². The largest absolute Gasteiger partial charge is 0.493 e. The maximum atomic E-state index is 12.6. The molecule has 0 aliphatic heterocycles. The fourth-order valence-corrected chi connectivity index (χ4v) is 2.66. The molecule has 0 unspecified atom stereocenters. The lowest BCUT2D eigenvalue weighted by Crippen LogP contribution is -2.36. The Labute approximate surface area is 142 Å². The van der Waals surface area contributed by atoms with Gasteiger partial charge in [0.25, 0.3) is 5.91 Å². The number of nitrogens with zero attached hydrogens (tertiary/aromatic N) is 1. The Bertz CT molecular complexity index is 718. The maximum Gasteiger partial charge on any atom is 0.261 e. The van der Waals surface area contributed by atoms with Crippen LogP contribution in [0.15, 0.2) is 34.7 Å². The van der Waals surface area contributed by atoms with Crippen molar-refractivity contribution < 1.29 is 18.7 Å². The first-order valence-electron chi connectivity index (χ1n) is 8.19. The fourth-order valence-electron chi connectivity index (χ4n) is 2.66. The van der Waals surface area contributed by atoms with Gasteiger partial charge in [-0.25, -0.2) is 0 Å². The summed E-state index contributed by atoms with van der Waals surface area (Å²) in [5.74, 6) is 2.85. The molecule has 1 aromatic carbocycles. The van der Waals surface area contributed by atoms with E-state index in [-0.39, 0.29) is 12.5 Å². The van der Waals surface area contributed by atoms with Crippen molar-refractivity contribution in [2.75, 3.05) is 13.7 Å². The molecule has 1 aliphatic rings. The molecular weight excluding hydrogens is 306 g/mol. The number of carbonyl (C=O) groups excluding carboxylic acids is 1. The molecule has 0 N–H and O–H groups in total. The van der Waals surface area contributed by atoms with Gasteiger partial charge in [0.05, 0.1) is 13.7 Å². The van der Waals surface area contributed by atoms with Crippen molar-refractivity contribution in [1.29, 1.82) is 0 Å². The second-order valence-corrected chi connectivity index (χ2v) is 6.21. The van der Waals surface area contributed by atoms with Gasteiger partial charge < -0.3 is 18.8 Å². The Balaban J connectivity index is 1.64.